The Labute approximate surface area is 171 Å². The maximum atomic E-state index is 13.7. The van der Waals surface area contributed by atoms with E-state index in [0.717, 1.165) is 17.0 Å². The molecule has 0 fully saturated rings. The highest BCUT2D eigenvalue weighted by Gasteiger charge is 2.32. The van der Waals surface area contributed by atoms with Crippen LogP contribution in [0.3, 0.4) is 0 Å². The first-order valence-electron chi connectivity index (χ1n) is 8.52. The summed E-state index contributed by atoms with van der Waals surface area (Å²) >= 11 is 11.6. The summed E-state index contributed by atoms with van der Waals surface area (Å²) in [5.41, 5.74) is 8.96. The van der Waals surface area contributed by atoms with Crippen LogP contribution in [-0.4, -0.2) is 27.9 Å². The Hall–Kier alpha value is -2.77. The molecule has 2 heterocycles. The van der Waals surface area contributed by atoms with E-state index in [4.69, 9.17) is 34.3 Å². The van der Waals surface area contributed by atoms with Crippen LogP contribution in [0.1, 0.15) is 23.6 Å². The van der Waals surface area contributed by atoms with Gasteiger partial charge in [0, 0.05) is 17.4 Å². The van der Waals surface area contributed by atoms with Crippen LogP contribution in [0.5, 0.6) is 5.75 Å². The Balaban J connectivity index is 1.74. The zero-order valence-electron chi connectivity index (χ0n) is 14.9. The van der Waals surface area contributed by atoms with Crippen molar-refractivity contribution < 1.29 is 9.13 Å². The zero-order valence-corrected chi connectivity index (χ0v) is 16.5. The van der Waals surface area contributed by atoms with Crippen LogP contribution in [0.2, 0.25) is 5.15 Å². The Morgan fingerprint density at radius 2 is 2.00 bits per heavy atom. The summed E-state index contributed by atoms with van der Waals surface area (Å²) in [7, 11) is 1.62. The third kappa shape index (κ3) is 3.39. The number of hydrogen-bond acceptors (Lipinski definition) is 4. The standard InChI is InChI=1S/C20H16ClFN4OS/c1-27-14-5-2-11(3-6-14)17-10-18(26(25-17)20(23)28)15-9-12-8-13(22)4-7-16(12)24-19(15)21/h2-9,18H,10H2,1H3,(H2,23,28). The summed E-state index contributed by atoms with van der Waals surface area (Å²) in [6.45, 7) is 0. The number of pyridine rings is 1. The minimum Gasteiger partial charge on any atom is -0.497 e. The van der Waals surface area contributed by atoms with Crippen molar-refractivity contribution in [1.82, 2.24) is 9.99 Å². The summed E-state index contributed by atoms with van der Waals surface area (Å²) in [4.78, 5) is 4.40. The molecular weight excluding hydrogens is 399 g/mol. The van der Waals surface area contributed by atoms with Gasteiger partial charge in [-0.1, -0.05) is 11.6 Å². The van der Waals surface area contributed by atoms with Crippen molar-refractivity contribution in [2.24, 2.45) is 10.8 Å². The number of hydrazone groups is 1. The molecule has 1 aliphatic heterocycles. The van der Waals surface area contributed by atoms with Gasteiger partial charge in [0.15, 0.2) is 5.11 Å². The maximum absolute atomic E-state index is 13.7. The number of halogens is 2. The number of benzene rings is 2. The van der Waals surface area contributed by atoms with E-state index in [1.54, 1.807) is 18.2 Å². The minimum absolute atomic E-state index is 0.129. The van der Waals surface area contributed by atoms with Gasteiger partial charge in [0.25, 0.3) is 0 Å². The molecule has 0 spiro atoms. The van der Waals surface area contributed by atoms with Gasteiger partial charge in [0.1, 0.15) is 16.7 Å². The van der Waals surface area contributed by atoms with Crippen molar-refractivity contribution >= 4 is 45.5 Å². The zero-order chi connectivity index (χ0) is 19.8. The fourth-order valence-electron chi connectivity index (χ4n) is 3.29. The SMILES string of the molecule is COc1ccc(C2=NN(C(N)=S)C(c3cc4cc(F)ccc4nc3Cl)C2)cc1. The molecule has 28 heavy (non-hydrogen) atoms. The van der Waals surface area contributed by atoms with E-state index in [1.807, 2.05) is 30.3 Å². The number of nitrogens with two attached hydrogens (primary N) is 1. The smallest absolute Gasteiger partial charge is 0.187 e. The number of aromatic nitrogens is 1. The summed E-state index contributed by atoms with van der Waals surface area (Å²) < 4.78 is 18.9. The Bertz CT molecular complexity index is 1100. The van der Waals surface area contributed by atoms with Gasteiger partial charge < -0.3 is 10.5 Å². The fraction of sp³-hybridized carbons (Fsp3) is 0.150. The van der Waals surface area contributed by atoms with Gasteiger partial charge in [0.05, 0.1) is 24.4 Å². The lowest BCUT2D eigenvalue weighted by atomic mass is 9.98. The molecule has 0 saturated carbocycles. The highest BCUT2D eigenvalue weighted by molar-refractivity contribution is 7.80. The first kappa shape index (κ1) is 18.6. The van der Waals surface area contributed by atoms with Gasteiger partial charge in [-0.25, -0.2) is 14.4 Å². The minimum atomic E-state index is -0.338. The molecule has 0 saturated heterocycles. The molecule has 4 rings (SSSR count). The number of rotatable bonds is 3. The van der Waals surface area contributed by atoms with Crippen molar-refractivity contribution in [2.45, 2.75) is 12.5 Å². The third-order valence-electron chi connectivity index (χ3n) is 4.68. The Morgan fingerprint density at radius 3 is 2.68 bits per heavy atom. The van der Waals surface area contributed by atoms with Crippen molar-refractivity contribution in [3.8, 4) is 5.75 Å². The van der Waals surface area contributed by atoms with Gasteiger partial charge in [-0.3, -0.25) is 0 Å². The normalized spacial score (nSPS) is 16.3. The molecule has 142 valence electrons. The lowest BCUT2D eigenvalue weighted by Gasteiger charge is -2.22. The van der Waals surface area contributed by atoms with Crippen molar-refractivity contribution in [1.29, 1.82) is 0 Å². The molecule has 1 aliphatic rings. The molecule has 0 aliphatic carbocycles. The highest BCUT2D eigenvalue weighted by atomic mass is 35.5. The first-order chi connectivity index (χ1) is 13.5. The molecule has 2 N–H and O–H groups in total. The number of thiocarbonyl (C=S) groups is 1. The topological polar surface area (TPSA) is 63.7 Å². The second kappa shape index (κ2) is 7.33. The molecule has 2 aromatic carbocycles. The second-order valence-corrected chi connectivity index (χ2v) is 7.16. The molecule has 0 bridgehead atoms. The monoisotopic (exact) mass is 414 g/mol. The van der Waals surface area contributed by atoms with Gasteiger partial charge in [0.2, 0.25) is 0 Å². The summed E-state index contributed by atoms with van der Waals surface area (Å²) in [5.74, 6) is 0.421. The largest absolute Gasteiger partial charge is 0.497 e. The molecule has 3 aromatic rings. The lowest BCUT2D eigenvalue weighted by Crippen LogP contribution is -2.31. The van der Waals surface area contributed by atoms with E-state index in [1.165, 1.54) is 12.1 Å². The number of nitrogens with zero attached hydrogens (tertiary/aromatic N) is 3. The van der Waals surface area contributed by atoms with Crippen LogP contribution in [0.25, 0.3) is 10.9 Å². The number of fused-ring (bicyclic) bond motifs is 1. The van der Waals surface area contributed by atoms with Crippen LogP contribution in [-0.2, 0) is 0 Å². The Kier molecular flexibility index (Phi) is 4.87. The van der Waals surface area contributed by atoms with Crippen molar-refractivity contribution in [3.63, 3.8) is 0 Å². The summed E-state index contributed by atoms with van der Waals surface area (Å²) in [6, 6.07) is 13.5. The van der Waals surface area contributed by atoms with Crippen LogP contribution < -0.4 is 10.5 Å². The van der Waals surface area contributed by atoms with E-state index in [9.17, 15) is 4.39 Å². The third-order valence-corrected chi connectivity index (χ3v) is 5.17. The second-order valence-electron chi connectivity index (χ2n) is 6.38. The van der Waals surface area contributed by atoms with Gasteiger partial charge in [-0.05, 0) is 66.3 Å². The average molecular weight is 415 g/mol. The van der Waals surface area contributed by atoms with E-state index >= 15 is 0 Å². The predicted octanol–water partition coefficient (Wildman–Crippen LogP) is 4.43. The highest BCUT2D eigenvalue weighted by Crippen LogP contribution is 2.37. The van der Waals surface area contributed by atoms with E-state index in [2.05, 4.69) is 10.1 Å². The van der Waals surface area contributed by atoms with Gasteiger partial charge in [-0.15, -0.1) is 0 Å². The number of hydrogen-bond donors (Lipinski definition) is 1. The van der Waals surface area contributed by atoms with Crippen molar-refractivity contribution in [2.75, 3.05) is 7.11 Å². The number of methoxy groups -OCH3 is 1. The molecule has 1 atom stereocenters. The van der Waals surface area contributed by atoms with E-state index < -0.39 is 0 Å². The molecule has 5 nitrogen and oxygen atoms in total. The molecular formula is C20H16ClFN4OS. The predicted molar refractivity (Wildman–Crippen MR) is 112 cm³/mol. The van der Waals surface area contributed by atoms with Gasteiger partial charge >= 0.3 is 0 Å². The molecule has 0 amide bonds. The van der Waals surface area contributed by atoms with E-state index in [-0.39, 0.29) is 17.0 Å². The molecule has 8 heteroatoms. The summed E-state index contributed by atoms with van der Waals surface area (Å²) in [5, 5.41) is 7.25. The maximum Gasteiger partial charge on any atom is 0.187 e. The number of ether oxygens (including phenoxy) is 1. The van der Waals surface area contributed by atoms with Crippen LogP contribution in [0.4, 0.5) is 4.39 Å². The van der Waals surface area contributed by atoms with Crippen LogP contribution in [0.15, 0.2) is 53.6 Å². The molecule has 0 radical (unpaired) electrons. The summed E-state index contributed by atoms with van der Waals surface area (Å²) in [6.07, 6.45) is 0.534. The Morgan fingerprint density at radius 1 is 1.25 bits per heavy atom. The first-order valence-corrected chi connectivity index (χ1v) is 9.31. The van der Waals surface area contributed by atoms with Gasteiger partial charge in [-0.2, -0.15) is 5.10 Å². The average Bonchev–Trinajstić information content (AvgIpc) is 3.13. The quantitative estimate of drug-likeness (QED) is 0.507. The van der Waals surface area contributed by atoms with Crippen LogP contribution in [0, 0.1) is 5.82 Å². The lowest BCUT2D eigenvalue weighted by molar-refractivity contribution is 0.372. The van der Waals surface area contributed by atoms with Crippen LogP contribution >= 0.6 is 23.8 Å². The fourth-order valence-corrected chi connectivity index (χ4v) is 3.73. The molecule has 1 unspecified atom stereocenters. The van der Waals surface area contributed by atoms with E-state index in [0.29, 0.717) is 28.0 Å². The molecule has 1 aromatic heterocycles. The van der Waals surface area contributed by atoms with Crippen molar-refractivity contribution in [3.05, 3.63) is 70.6 Å².